The van der Waals surface area contributed by atoms with Gasteiger partial charge in [-0.05, 0) is 38.1 Å². The Morgan fingerprint density at radius 3 is 2.50 bits per heavy atom. The first-order valence-electron chi connectivity index (χ1n) is 11.0. The van der Waals surface area contributed by atoms with Crippen LogP contribution in [0.25, 0.3) is 0 Å². The molecule has 168 valence electrons. The second-order valence-electron chi connectivity index (χ2n) is 7.76. The molecule has 0 aliphatic carbocycles. The van der Waals surface area contributed by atoms with Crippen molar-refractivity contribution in [3.63, 3.8) is 0 Å². The molecule has 8 heteroatoms. The molecular weight excluding hydrogens is 491 g/mol. The van der Waals surface area contributed by atoms with Gasteiger partial charge in [-0.1, -0.05) is 25.1 Å². The number of hydrogen-bond donors (Lipinski definition) is 2. The van der Waals surface area contributed by atoms with E-state index >= 15 is 0 Å². The summed E-state index contributed by atoms with van der Waals surface area (Å²) >= 11 is 0. The van der Waals surface area contributed by atoms with Gasteiger partial charge >= 0.3 is 0 Å². The lowest BCUT2D eigenvalue weighted by molar-refractivity contribution is -0.131. The van der Waals surface area contributed by atoms with Crippen LogP contribution in [0, 0.1) is 0 Å². The fourth-order valence-electron chi connectivity index (χ4n) is 4.28. The Kier molecular flexibility index (Phi) is 10.7. The van der Waals surface area contributed by atoms with Crippen LogP contribution in [0.3, 0.4) is 0 Å². The number of carbonyl (C=O) groups is 1. The van der Waals surface area contributed by atoms with Crippen LogP contribution in [0.4, 0.5) is 5.69 Å². The Morgan fingerprint density at radius 1 is 1.10 bits per heavy atom. The number of piperazine rings is 1. The lowest BCUT2D eigenvalue weighted by Crippen LogP contribution is -2.49. The number of amides is 1. The number of likely N-dealkylation sites (tertiary alicyclic amines) is 1. The highest BCUT2D eigenvalue weighted by Gasteiger charge is 2.23. The number of likely N-dealkylation sites (N-methyl/N-ethyl adjacent to an activating group) is 1. The molecule has 3 rings (SSSR count). The summed E-state index contributed by atoms with van der Waals surface area (Å²) in [6.07, 6.45) is 3.01. The minimum Gasteiger partial charge on any atom is -0.368 e. The normalized spacial score (nSPS) is 20.1. The van der Waals surface area contributed by atoms with E-state index in [2.05, 4.69) is 56.6 Å². The van der Waals surface area contributed by atoms with E-state index in [0.717, 1.165) is 45.2 Å². The van der Waals surface area contributed by atoms with E-state index in [9.17, 15) is 4.79 Å². The molecule has 0 radical (unpaired) electrons. The predicted octanol–water partition coefficient (Wildman–Crippen LogP) is 1.99. The molecule has 1 aromatic carbocycles. The van der Waals surface area contributed by atoms with Gasteiger partial charge in [-0.25, -0.2) is 0 Å². The first-order chi connectivity index (χ1) is 14.2. The average Bonchev–Trinajstić information content (AvgIpc) is 3.24. The zero-order valence-electron chi connectivity index (χ0n) is 18.3. The highest BCUT2D eigenvalue weighted by molar-refractivity contribution is 14.0. The van der Waals surface area contributed by atoms with Crippen LogP contribution >= 0.6 is 24.0 Å². The molecule has 7 nitrogen and oxygen atoms in total. The van der Waals surface area contributed by atoms with Gasteiger partial charge in [-0.2, -0.15) is 0 Å². The Hall–Kier alpha value is -1.55. The van der Waals surface area contributed by atoms with Crippen LogP contribution in [-0.4, -0.2) is 87.1 Å². The first-order valence-corrected chi connectivity index (χ1v) is 11.0. The molecule has 2 aliphatic heterocycles. The number of halogens is 1. The number of para-hydroxylation sites is 1. The van der Waals surface area contributed by atoms with Gasteiger partial charge in [0, 0.05) is 64.5 Å². The van der Waals surface area contributed by atoms with Gasteiger partial charge < -0.3 is 20.4 Å². The van der Waals surface area contributed by atoms with Crippen molar-refractivity contribution in [3.8, 4) is 0 Å². The third-order valence-electron chi connectivity index (χ3n) is 6.02. The Bertz CT molecular complexity index is 663. The monoisotopic (exact) mass is 528 g/mol. The van der Waals surface area contributed by atoms with E-state index < -0.39 is 0 Å². The van der Waals surface area contributed by atoms with Crippen molar-refractivity contribution in [1.82, 2.24) is 20.4 Å². The third-order valence-corrected chi connectivity index (χ3v) is 6.02. The largest absolute Gasteiger partial charge is 0.368 e. The lowest BCUT2D eigenvalue weighted by atomic mass is 10.2. The van der Waals surface area contributed by atoms with Gasteiger partial charge in [0.15, 0.2) is 5.96 Å². The van der Waals surface area contributed by atoms with E-state index in [1.54, 1.807) is 7.05 Å². The molecule has 30 heavy (non-hydrogen) atoms. The fraction of sp³-hybridized carbons (Fsp3) is 0.636. The van der Waals surface area contributed by atoms with E-state index in [4.69, 9.17) is 0 Å². The van der Waals surface area contributed by atoms with Crippen molar-refractivity contribution >= 4 is 41.5 Å². The standard InChI is InChI=1S/C22H36N6O.HI/c1-3-26-13-7-10-20(26)18-25-22(23-2)24-12-11-21(29)28-16-14-27(15-17-28)19-8-5-4-6-9-19;/h4-6,8-9,20H,3,7,10-18H2,1-2H3,(H2,23,24,25);1H. The summed E-state index contributed by atoms with van der Waals surface area (Å²) in [6, 6.07) is 11.0. The number of hydrogen-bond acceptors (Lipinski definition) is 4. The molecule has 0 spiro atoms. The minimum absolute atomic E-state index is 0. The van der Waals surface area contributed by atoms with Crippen LogP contribution in [0.2, 0.25) is 0 Å². The molecular formula is C22H37IN6O. The highest BCUT2D eigenvalue weighted by atomic mass is 127. The molecule has 2 fully saturated rings. The zero-order valence-corrected chi connectivity index (χ0v) is 20.7. The highest BCUT2D eigenvalue weighted by Crippen LogP contribution is 2.16. The summed E-state index contributed by atoms with van der Waals surface area (Å²) in [5, 5.41) is 6.71. The number of benzene rings is 1. The van der Waals surface area contributed by atoms with E-state index in [-0.39, 0.29) is 29.9 Å². The van der Waals surface area contributed by atoms with Crippen LogP contribution in [-0.2, 0) is 4.79 Å². The van der Waals surface area contributed by atoms with E-state index in [0.29, 0.717) is 19.0 Å². The van der Waals surface area contributed by atoms with Crippen molar-refractivity contribution in [2.45, 2.75) is 32.2 Å². The summed E-state index contributed by atoms with van der Waals surface area (Å²) < 4.78 is 0. The van der Waals surface area contributed by atoms with Crippen molar-refractivity contribution in [3.05, 3.63) is 30.3 Å². The fourth-order valence-corrected chi connectivity index (χ4v) is 4.28. The number of carbonyl (C=O) groups excluding carboxylic acids is 1. The first kappa shape index (κ1) is 24.7. The van der Waals surface area contributed by atoms with Gasteiger partial charge in [-0.15, -0.1) is 24.0 Å². The SMILES string of the molecule is CCN1CCCC1CNC(=NC)NCCC(=O)N1CCN(c2ccccc2)CC1.I. The Balaban J connectivity index is 0.00000320. The number of guanidine groups is 1. The van der Waals surface area contributed by atoms with Crippen molar-refractivity contribution in [2.75, 3.05) is 64.3 Å². The van der Waals surface area contributed by atoms with Crippen molar-refractivity contribution in [1.29, 1.82) is 0 Å². The van der Waals surface area contributed by atoms with Crippen LogP contribution < -0.4 is 15.5 Å². The molecule has 1 amide bonds. The second-order valence-corrected chi connectivity index (χ2v) is 7.76. The van der Waals surface area contributed by atoms with Crippen molar-refractivity contribution in [2.24, 2.45) is 4.99 Å². The van der Waals surface area contributed by atoms with Crippen LogP contribution in [0.5, 0.6) is 0 Å². The average molecular weight is 528 g/mol. The molecule has 2 saturated heterocycles. The quantitative estimate of drug-likeness (QED) is 0.322. The van der Waals surface area contributed by atoms with Crippen LogP contribution in [0.1, 0.15) is 26.2 Å². The lowest BCUT2D eigenvalue weighted by Gasteiger charge is -2.36. The summed E-state index contributed by atoms with van der Waals surface area (Å²) in [5.74, 6) is 1.00. The molecule has 2 N–H and O–H groups in total. The van der Waals surface area contributed by atoms with Gasteiger partial charge in [0.1, 0.15) is 0 Å². The maximum atomic E-state index is 12.6. The zero-order chi connectivity index (χ0) is 20.5. The number of nitrogens with zero attached hydrogens (tertiary/aromatic N) is 4. The summed E-state index contributed by atoms with van der Waals surface area (Å²) in [7, 11) is 1.78. The Labute approximate surface area is 198 Å². The summed E-state index contributed by atoms with van der Waals surface area (Å²) in [6.45, 7) is 9.39. The second kappa shape index (κ2) is 13.0. The smallest absolute Gasteiger partial charge is 0.224 e. The number of anilines is 1. The molecule has 2 heterocycles. The van der Waals surface area contributed by atoms with E-state index in [1.807, 2.05) is 11.0 Å². The van der Waals surface area contributed by atoms with Gasteiger partial charge in [-0.3, -0.25) is 14.7 Å². The van der Waals surface area contributed by atoms with Gasteiger partial charge in [0.25, 0.3) is 0 Å². The predicted molar refractivity (Wildman–Crippen MR) is 135 cm³/mol. The summed E-state index contributed by atoms with van der Waals surface area (Å²) in [5.41, 5.74) is 1.24. The molecule has 0 saturated carbocycles. The Morgan fingerprint density at radius 2 is 1.83 bits per heavy atom. The summed E-state index contributed by atoms with van der Waals surface area (Å²) in [4.78, 5) is 23.7. The molecule has 0 bridgehead atoms. The maximum Gasteiger partial charge on any atom is 0.224 e. The molecule has 1 unspecified atom stereocenters. The molecule has 0 aromatic heterocycles. The van der Waals surface area contributed by atoms with Crippen molar-refractivity contribution < 1.29 is 4.79 Å². The number of nitrogens with one attached hydrogen (secondary N) is 2. The molecule has 1 aromatic rings. The number of rotatable bonds is 7. The maximum absolute atomic E-state index is 12.6. The minimum atomic E-state index is 0. The number of aliphatic imine (C=N–C) groups is 1. The molecule has 1 atom stereocenters. The van der Waals surface area contributed by atoms with E-state index in [1.165, 1.54) is 25.1 Å². The third kappa shape index (κ3) is 7.01. The van der Waals surface area contributed by atoms with Gasteiger partial charge in [0.2, 0.25) is 5.91 Å². The molecule has 2 aliphatic rings. The van der Waals surface area contributed by atoms with Gasteiger partial charge in [0.05, 0.1) is 0 Å². The van der Waals surface area contributed by atoms with Crippen LogP contribution in [0.15, 0.2) is 35.3 Å². The topological polar surface area (TPSA) is 63.2 Å².